The predicted molar refractivity (Wildman–Crippen MR) is 118 cm³/mol. The van der Waals surface area contributed by atoms with Crippen molar-refractivity contribution < 1.29 is 4.79 Å². The van der Waals surface area contributed by atoms with Crippen LogP contribution in [0.1, 0.15) is 46.9 Å². The van der Waals surface area contributed by atoms with Crippen LogP contribution in [0.4, 0.5) is 11.4 Å². The smallest absolute Gasteiger partial charge is 0.257 e. The molecule has 1 saturated heterocycles. The van der Waals surface area contributed by atoms with E-state index < -0.39 is 0 Å². The maximum atomic E-state index is 13.4. The highest BCUT2D eigenvalue weighted by Crippen LogP contribution is 2.31. The van der Waals surface area contributed by atoms with E-state index in [1.54, 1.807) is 6.20 Å². The number of hydrogen-bond acceptors (Lipinski definition) is 4. The molecule has 1 fully saturated rings. The van der Waals surface area contributed by atoms with Gasteiger partial charge < -0.3 is 10.2 Å². The van der Waals surface area contributed by atoms with Gasteiger partial charge in [0.1, 0.15) is 0 Å². The lowest BCUT2D eigenvalue weighted by Gasteiger charge is -2.31. The first-order valence-corrected chi connectivity index (χ1v) is 10.3. The maximum absolute atomic E-state index is 13.4. The highest BCUT2D eigenvalue weighted by molar-refractivity contribution is 6.07. The number of amides is 1. The molecular formula is C24H28N4O. The number of likely N-dealkylation sites (tertiary alicyclic amines) is 1. The number of nitrogens with one attached hydrogen (secondary N) is 1. The van der Waals surface area contributed by atoms with Crippen LogP contribution in [0.25, 0.3) is 11.0 Å². The molecule has 4 rings (SSSR count). The summed E-state index contributed by atoms with van der Waals surface area (Å²) in [7, 11) is 0. The molecule has 1 amide bonds. The third-order valence-corrected chi connectivity index (χ3v) is 5.53. The van der Waals surface area contributed by atoms with E-state index in [9.17, 15) is 4.79 Å². The zero-order valence-corrected chi connectivity index (χ0v) is 17.6. The Labute approximate surface area is 172 Å². The lowest BCUT2D eigenvalue weighted by molar-refractivity contribution is 0.0684. The Kier molecular flexibility index (Phi) is 5.22. The molecule has 2 aromatic heterocycles. The first kappa shape index (κ1) is 19.4. The van der Waals surface area contributed by atoms with Gasteiger partial charge >= 0.3 is 0 Å². The minimum atomic E-state index is 0.0402. The minimum Gasteiger partial charge on any atom is -0.354 e. The van der Waals surface area contributed by atoms with Gasteiger partial charge in [0.05, 0.1) is 11.3 Å². The molecule has 0 spiro atoms. The van der Waals surface area contributed by atoms with Gasteiger partial charge in [-0.2, -0.15) is 0 Å². The van der Waals surface area contributed by atoms with Gasteiger partial charge in [-0.1, -0.05) is 13.0 Å². The van der Waals surface area contributed by atoms with Crippen molar-refractivity contribution in [3.8, 4) is 0 Å². The third-order valence-electron chi connectivity index (χ3n) is 5.53. The molecule has 1 aliphatic rings. The molecule has 29 heavy (non-hydrogen) atoms. The van der Waals surface area contributed by atoms with Crippen molar-refractivity contribution >= 4 is 28.3 Å². The number of nitrogens with zero attached hydrogens (tertiary/aromatic N) is 3. The van der Waals surface area contributed by atoms with Crippen LogP contribution in [0.3, 0.4) is 0 Å². The lowest BCUT2D eigenvalue weighted by atomic mass is 9.99. The van der Waals surface area contributed by atoms with Crippen LogP contribution in [0.5, 0.6) is 0 Å². The number of carbonyl (C=O) groups is 1. The largest absolute Gasteiger partial charge is 0.354 e. The summed E-state index contributed by atoms with van der Waals surface area (Å²) in [5.41, 5.74) is 6.28. The number of aryl methyl sites for hydroxylation is 3. The van der Waals surface area contributed by atoms with Gasteiger partial charge in [0.25, 0.3) is 5.91 Å². The lowest BCUT2D eigenvalue weighted by Crippen LogP contribution is -2.39. The van der Waals surface area contributed by atoms with Gasteiger partial charge in [0.2, 0.25) is 0 Å². The number of fused-ring (bicyclic) bond motifs is 1. The van der Waals surface area contributed by atoms with Crippen molar-refractivity contribution in [2.45, 2.75) is 40.5 Å². The number of hydrogen-bond donors (Lipinski definition) is 1. The number of anilines is 2. The second kappa shape index (κ2) is 7.82. The van der Waals surface area contributed by atoms with E-state index in [-0.39, 0.29) is 5.91 Å². The molecule has 3 aromatic rings. The van der Waals surface area contributed by atoms with E-state index in [0.29, 0.717) is 17.1 Å². The SMILES string of the molecule is Cc1cc(C)cc(Nc2c(C(=O)N3CCCC(C)C3)cnc3nc(C)ccc23)c1. The Bertz CT molecular complexity index is 1060. The number of carbonyl (C=O) groups excluding carboxylic acids is 1. The monoisotopic (exact) mass is 388 g/mol. The van der Waals surface area contributed by atoms with E-state index in [1.165, 1.54) is 17.5 Å². The second-order valence-corrected chi connectivity index (χ2v) is 8.37. The van der Waals surface area contributed by atoms with Crippen molar-refractivity contribution in [2.75, 3.05) is 18.4 Å². The van der Waals surface area contributed by atoms with Crippen LogP contribution in [-0.2, 0) is 0 Å². The molecule has 0 bridgehead atoms. The fourth-order valence-electron chi connectivity index (χ4n) is 4.20. The van der Waals surface area contributed by atoms with Crippen LogP contribution >= 0.6 is 0 Å². The summed E-state index contributed by atoms with van der Waals surface area (Å²) in [5, 5.41) is 4.39. The molecule has 1 N–H and O–H groups in total. The van der Waals surface area contributed by atoms with E-state index >= 15 is 0 Å². The van der Waals surface area contributed by atoms with Crippen molar-refractivity contribution in [1.29, 1.82) is 0 Å². The van der Waals surface area contributed by atoms with Gasteiger partial charge in [-0.05, 0) is 74.9 Å². The zero-order chi connectivity index (χ0) is 20.5. The van der Waals surface area contributed by atoms with E-state index in [2.05, 4.69) is 54.3 Å². The summed E-state index contributed by atoms with van der Waals surface area (Å²) in [6.45, 7) is 9.91. The van der Waals surface area contributed by atoms with E-state index in [0.717, 1.165) is 42.0 Å². The maximum Gasteiger partial charge on any atom is 0.257 e. The number of piperidine rings is 1. The fraction of sp³-hybridized carbons (Fsp3) is 0.375. The highest BCUT2D eigenvalue weighted by atomic mass is 16.2. The molecule has 5 heteroatoms. The summed E-state index contributed by atoms with van der Waals surface area (Å²) in [6, 6.07) is 10.3. The van der Waals surface area contributed by atoms with Gasteiger partial charge in [-0.15, -0.1) is 0 Å². The Morgan fingerprint density at radius 1 is 1.14 bits per heavy atom. The van der Waals surface area contributed by atoms with E-state index in [4.69, 9.17) is 0 Å². The average Bonchev–Trinajstić information content (AvgIpc) is 2.66. The zero-order valence-electron chi connectivity index (χ0n) is 17.6. The molecule has 1 aliphatic heterocycles. The summed E-state index contributed by atoms with van der Waals surface area (Å²) >= 11 is 0. The van der Waals surface area contributed by atoms with E-state index in [1.807, 2.05) is 24.0 Å². The van der Waals surface area contributed by atoms with Gasteiger partial charge in [-0.25, -0.2) is 9.97 Å². The third kappa shape index (κ3) is 4.09. The highest BCUT2D eigenvalue weighted by Gasteiger charge is 2.25. The second-order valence-electron chi connectivity index (χ2n) is 8.37. The Morgan fingerprint density at radius 3 is 2.62 bits per heavy atom. The minimum absolute atomic E-state index is 0.0402. The summed E-state index contributed by atoms with van der Waals surface area (Å²) in [6.07, 6.45) is 3.91. The molecule has 0 aliphatic carbocycles. The molecule has 3 heterocycles. The topological polar surface area (TPSA) is 58.1 Å². The van der Waals surface area contributed by atoms with Crippen molar-refractivity contribution in [2.24, 2.45) is 5.92 Å². The molecule has 0 saturated carbocycles. The average molecular weight is 389 g/mol. The number of rotatable bonds is 3. The van der Waals surface area contributed by atoms with Crippen molar-refractivity contribution in [3.05, 3.63) is 58.9 Å². The first-order valence-electron chi connectivity index (χ1n) is 10.3. The van der Waals surface area contributed by atoms with Crippen LogP contribution < -0.4 is 5.32 Å². The van der Waals surface area contributed by atoms with Crippen molar-refractivity contribution in [3.63, 3.8) is 0 Å². The predicted octanol–water partition coefficient (Wildman–Crippen LogP) is 5.17. The molecule has 5 nitrogen and oxygen atoms in total. The Hall–Kier alpha value is -2.95. The standard InChI is InChI=1S/C24H28N4O/c1-15-6-5-9-28(14-15)24(29)21-13-25-23-20(8-7-18(4)26-23)22(21)27-19-11-16(2)10-17(3)12-19/h7-8,10-13,15H,5-6,9,14H2,1-4H3,(H,25,26,27). The number of aromatic nitrogens is 2. The molecule has 0 radical (unpaired) electrons. The number of pyridine rings is 2. The molecule has 150 valence electrons. The van der Waals surface area contributed by atoms with Crippen LogP contribution in [-0.4, -0.2) is 33.9 Å². The number of benzene rings is 1. The van der Waals surface area contributed by atoms with Crippen LogP contribution in [0, 0.1) is 26.7 Å². The normalized spacial score (nSPS) is 16.8. The summed E-state index contributed by atoms with van der Waals surface area (Å²) in [5.74, 6) is 0.569. The van der Waals surface area contributed by atoms with Gasteiger partial charge in [0.15, 0.2) is 5.65 Å². The first-order chi connectivity index (χ1) is 13.9. The Balaban J connectivity index is 1.82. The quantitative estimate of drug-likeness (QED) is 0.672. The molecular weight excluding hydrogens is 360 g/mol. The fourth-order valence-corrected chi connectivity index (χ4v) is 4.20. The van der Waals surface area contributed by atoms with Gasteiger partial charge in [0, 0.05) is 36.1 Å². The Morgan fingerprint density at radius 2 is 1.90 bits per heavy atom. The molecule has 1 atom stereocenters. The van der Waals surface area contributed by atoms with Gasteiger partial charge in [-0.3, -0.25) is 4.79 Å². The van der Waals surface area contributed by atoms with Crippen LogP contribution in [0.15, 0.2) is 36.5 Å². The molecule has 1 unspecified atom stereocenters. The van der Waals surface area contributed by atoms with Crippen molar-refractivity contribution in [1.82, 2.24) is 14.9 Å². The summed E-state index contributed by atoms with van der Waals surface area (Å²) in [4.78, 5) is 24.5. The molecule has 1 aromatic carbocycles. The van der Waals surface area contributed by atoms with Crippen LogP contribution in [0.2, 0.25) is 0 Å². The summed E-state index contributed by atoms with van der Waals surface area (Å²) < 4.78 is 0.